The zero-order valence-corrected chi connectivity index (χ0v) is 11.4. The maximum Gasteiger partial charge on any atom is 0.208 e. The first kappa shape index (κ1) is 13.5. The van der Waals surface area contributed by atoms with Crippen molar-refractivity contribution in [2.45, 2.75) is 57.0 Å². The molecule has 0 saturated carbocycles. The number of nitrogens with zero attached hydrogens (tertiary/aromatic N) is 2. The van der Waals surface area contributed by atoms with E-state index in [1.54, 1.807) is 11.8 Å². The molecule has 0 saturated heterocycles. The molecule has 1 aromatic heterocycles. The van der Waals surface area contributed by atoms with Crippen molar-refractivity contribution in [2.75, 3.05) is 6.54 Å². The lowest BCUT2D eigenvalue weighted by molar-refractivity contribution is 0.513. The lowest BCUT2D eigenvalue weighted by Crippen LogP contribution is -2.29. The molecule has 4 nitrogen and oxygen atoms in total. The maximum atomic E-state index is 4.30. The highest BCUT2D eigenvalue weighted by atomic mass is 32.2. The summed E-state index contributed by atoms with van der Waals surface area (Å²) in [5, 5.41) is 11.9. The first-order valence-electron chi connectivity index (χ1n) is 5.90. The van der Waals surface area contributed by atoms with E-state index in [1.807, 2.05) is 6.92 Å². The Balaban J connectivity index is 2.27. The molecular weight excluding hydrogens is 220 g/mol. The molecule has 2 N–H and O–H groups in total. The third-order valence-electron chi connectivity index (χ3n) is 2.31. The average molecular weight is 242 g/mol. The number of aromatic amines is 1. The highest BCUT2D eigenvalue weighted by Gasteiger charge is 2.11. The third-order valence-corrected chi connectivity index (χ3v) is 3.30. The first-order chi connectivity index (χ1) is 7.61. The smallest absolute Gasteiger partial charge is 0.208 e. The van der Waals surface area contributed by atoms with Crippen molar-refractivity contribution >= 4 is 11.8 Å². The van der Waals surface area contributed by atoms with E-state index in [0.29, 0.717) is 11.3 Å². The van der Waals surface area contributed by atoms with Crippen LogP contribution in [0.1, 0.15) is 39.4 Å². The molecule has 0 amide bonds. The van der Waals surface area contributed by atoms with Gasteiger partial charge in [-0.2, -0.15) is 0 Å². The van der Waals surface area contributed by atoms with Crippen LogP contribution >= 0.6 is 11.8 Å². The number of hydrogen-bond donors (Lipinski definition) is 2. The summed E-state index contributed by atoms with van der Waals surface area (Å²) in [5.74, 6) is 0.881. The number of H-pyrrole nitrogens is 1. The van der Waals surface area contributed by atoms with Gasteiger partial charge in [-0.25, -0.2) is 4.98 Å². The lowest BCUT2D eigenvalue weighted by Gasteiger charge is -2.16. The van der Waals surface area contributed by atoms with E-state index < -0.39 is 0 Å². The predicted molar refractivity (Wildman–Crippen MR) is 68.8 cm³/mol. The quantitative estimate of drug-likeness (QED) is 0.721. The zero-order valence-electron chi connectivity index (χ0n) is 10.6. The van der Waals surface area contributed by atoms with E-state index in [-0.39, 0.29) is 0 Å². The van der Waals surface area contributed by atoms with Crippen molar-refractivity contribution in [1.82, 2.24) is 20.5 Å². The largest absolute Gasteiger partial charge is 0.314 e. The molecule has 1 rings (SSSR count). The van der Waals surface area contributed by atoms with Gasteiger partial charge in [-0.05, 0) is 33.2 Å². The van der Waals surface area contributed by atoms with Crippen LogP contribution in [-0.4, -0.2) is 33.0 Å². The van der Waals surface area contributed by atoms with Crippen molar-refractivity contribution in [2.24, 2.45) is 0 Å². The van der Waals surface area contributed by atoms with Crippen LogP contribution in [0.5, 0.6) is 0 Å². The second-order valence-electron chi connectivity index (χ2n) is 4.22. The lowest BCUT2D eigenvalue weighted by atomic mass is 10.2. The van der Waals surface area contributed by atoms with E-state index in [9.17, 15) is 0 Å². The molecule has 0 aromatic carbocycles. The molecular formula is C11H22N4S. The van der Waals surface area contributed by atoms with Crippen LogP contribution in [0.15, 0.2) is 5.16 Å². The molecule has 0 aliphatic heterocycles. The Kier molecular flexibility index (Phi) is 5.84. The number of aryl methyl sites for hydroxylation is 1. The fourth-order valence-corrected chi connectivity index (χ4v) is 2.61. The van der Waals surface area contributed by atoms with Gasteiger partial charge < -0.3 is 5.32 Å². The van der Waals surface area contributed by atoms with Gasteiger partial charge in [-0.15, -0.1) is 5.10 Å². The fourth-order valence-electron chi connectivity index (χ4n) is 1.57. The minimum Gasteiger partial charge on any atom is -0.314 e. The Bertz CT molecular complexity index is 300. The van der Waals surface area contributed by atoms with Crippen molar-refractivity contribution in [3.8, 4) is 0 Å². The van der Waals surface area contributed by atoms with Crippen molar-refractivity contribution < 1.29 is 0 Å². The van der Waals surface area contributed by atoms with Gasteiger partial charge in [0, 0.05) is 11.3 Å². The number of hydrogen-bond acceptors (Lipinski definition) is 4. The standard InChI is InChI=1S/C11H22N4S/c1-5-6-12-8(2)7-9(3)16-11-13-10(4)14-15-11/h8-9,12H,5-7H2,1-4H3,(H,13,14,15). The number of rotatable bonds is 7. The highest BCUT2D eigenvalue weighted by Crippen LogP contribution is 2.22. The molecule has 0 bridgehead atoms. The molecule has 1 aromatic rings. The van der Waals surface area contributed by atoms with Crippen LogP contribution in [-0.2, 0) is 0 Å². The summed E-state index contributed by atoms with van der Waals surface area (Å²) >= 11 is 1.73. The second kappa shape index (κ2) is 6.91. The molecule has 0 aliphatic carbocycles. The molecule has 0 fully saturated rings. The summed E-state index contributed by atoms with van der Waals surface area (Å²) in [4.78, 5) is 4.30. The van der Waals surface area contributed by atoms with Crippen LogP contribution in [0.25, 0.3) is 0 Å². The van der Waals surface area contributed by atoms with Gasteiger partial charge in [0.25, 0.3) is 0 Å². The third kappa shape index (κ3) is 4.99. The van der Waals surface area contributed by atoms with E-state index in [0.717, 1.165) is 23.9 Å². The van der Waals surface area contributed by atoms with Crippen molar-refractivity contribution in [3.63, 3.8) is 0 Å². The Morgan fingerprint density at radius 2 is 2.19 bits per heavy atom. The van der Waals surface area contributed by atoms with Crippen molar-refractivity contribution in [1.29, 1.82) is 0 Å². The minimum atomic E-state index is 0.537. The molecule has 1 heterocycles. The second-order valence-corrected chi connectivity index (χ2v) is 5.63. The Hall–Kier alpha value is -0.550. The molecule has 0 aliphatic rings. The topological polar surface area (TPSA) is 53.6 Å². The Morgan fingerprint density at radius 3 is 2.75 bits per heavy atom. The van der Waals surface area contributed by atoms with E-state index in [2.05, 4.69) is 41.3 Å². The molecule has 2 atom stereocenters. The van der Waals surface area contributed by atoms with Gasteiger partial charge in [0.15, 0.2) is 0 Å². The number of nitrogens with one attached hydrogen (secondary N) is 2. The monoisotopic (exact) mass is 242 g/mol. The van der Waals surface area contributed by atoms with Gasteiger partial charge in [-0.1, -0.05) is 25.6 Å². The SMILES string of the molecule is CCCNC(C)CC(C)Sc1n[nH]c(C)n1. The zero-order chi connectivity index (χ0) is 12.0. The molecule has 0 radical (unpaired) electrons. The summed E-state index contributed by atoms with van der Waals surface area (Å²) in [5.41, 5.74) is 0. The Labute approximate surface area is 102 Å². The van der Waals surface area contributed by atoms with Crippen LogP contribution in [0.4, 0.5) is 0 Å². The van der Waals surface area contributed by atoms with Crippen LogP contribution in [0.2, 0.25) is 0 Å². The summed E-state index contributed by atoms with van der Waals surface area (Å²) in [6.45, 7) is 9.66. The molecule has 5 heteroatoms. The highest BCUT2D eigenvalue weighted by molar-refractivity contribution is 7.99. The molecule has 0 spiro atoms. The van der Waals surface area contributed by atoms with Crippen LogP contribution < -0.4 is 5.32 Å². The van der Waals surface area contributed by atoms with E-state index >= 15 is 0 Å². The van der Waals surface area contributed by atoms with Crippen LogP contribution in [0, 0.1) is 6.92 Å². The maximum absolute atomic E-state index is 4.30. The summed E-state index contributed by atoms with van der Waals surface area (Å²) in [6, 6.07) is 0.558. The van der Waals surface area contributed by atoms with Gasteiger partial charge in [-0.3, -0.25) is 5.10 Å². The fraction of sp³-hybridized carbons (Fsp3) is 0.818. The summed E-state index contributed by atoms with van der Waals surface area (Å²) in [7, 11) is 0. The molecule has 2 unspecified atom stereocenters. The number of aromatic nitrogens is 3. The predicted octanol–water partition coefficient (Wildman–Crippen LogP) is 2.37. The van der Waals surface area contributed by atoms with E-state index in [1.165, 1.54) is 6.42 Å². The summed E-state index contributed by atoms with van der Waals surface area (Å²) in [6.07, 6.45) is 2.32. The van der Waals surface area contributed by atoms with Gasteiger partial charge >= 0.3 is 0 Å². The normalized spacial score (nSPS) is 15.0. The minimum absolute atomic E-state index is 0.537. The van der Waals surface area contributed by atoms with Gasteiger partial charge in [0.2, 0.25) is 5.16 Å². The van der Waals surface area contributed by atoms with Gasteiger partial charge in [0.05, 0.1) is 0 Å². The van der Waals surface area contributed by atoms with Crippen LogP contribution in [0.3, 0.4) is 0 Å². The number of thioether (sulfide) groups is 1. The molecule has 92 valence electrons. The average Bonchev–Trinajstić information content (AvgIpc) is 2.60. The first-order valence-corrected chi connectivity index (χ1v) is 6.78. The summed E-state index contributed by atoms with van der Waals surface area (Å²) < 4.78 is 0. The van der Waals surface area contributed by atoms with Gasteiger partial charge in [0.1, 0.15) is 5.82 Å². The Morgan fingerprint density at radius 1 is 1.44 bits per heavy atom. The molecule has 16 heavy (non-hydrogen) atoms. The van der Waals surface area contributed by atoms with Crippen molar-refractivity contribution in [3.05, 3.63) is 5.82 Å². The van der Waals surface area contributed by atoms with E-state index in [4.69, 9.17) is 0 Å².